The standard InChI is InChI=1S/C11H13NO4.ClH/c13-10(14)7-6-9(11(15)16)12-8-4-2-1-3-5-8;/h1-5,9,12H,6-7H2,(H,13,14)(H,15,16);1H/t9-;/m0./s1. The van der Waals surface area contributed by atoms with Crippen LogP contribution in [-0.2, 0) is 9.59 Å². The number of hydrogen-bond donors (Lipinski definition) is 3. The summed E-state index contributed by atoms with van der Waals surface area (Å²) in [5.74, 6) is -2.05. The van der Waals surface area contributed by atoms with Crippen molar-refractivity contribution in [3.63, 3.8) is 0 Å². The van der Waals surface area contributed by atoms with E-state index < -0.39 is 18.0 Å². The van der Waals surface area contributed by atoms with E-state index in [4.69, 9.17) is 10.2 Å². The molecule has 0 heterocycles. The highest BCUT2D eigenvalue weighted by molar-refractivity contribution is 5.85. The third-order valence-corrected chi connectivity index (χ3v) is 2.06. The molecule has 0 saturated carbocycles. The van der Waals surface area contributed by atoms with E-state index in [1.165, 1.54) is 0 Å². The van der Waals surface area contributed by atoms with Gasteiger partial charge in [-0.05, 0) is 18.6 Å². The van der Waals surface area contributed by atoms with E-state index in [1.54, 1.807) is 24.3 Å². The van der Waals surface area contributed by atoms with Crippen molar-refractivity contribution in [2.24, 2.45) is 0 Å². The number of nitrogens with one attached hydrogen (secondary N) is 1. The molecule has 0 saturated heterocycles. The Labute approximate surface area is 105 Å². The molecular weight excluding hydrogens is 246 g/mol. The number of para-hydroxylation sites is 1. The van der Waals surface area contributed by atoms with Gasteiger partial charge >= 0.3 is 11.9 Å². The molecule has 0 fully saturated rings. The maximum Gasteiger partial charge on any atom is 0.326 e. The van der Waals surface area contributed by atoms with Crippen molar-refractivity contribution in [3.05, 3.63) is 30.3 Å². The number of carbonyl (C=O) groups is 2. The molecule has 3 N–H and O–H groups in total. The average molecular weight is 260 g/mol. The smallest absolute Gasteiger partial charge is 0.326 e. The number of carboxylic acid groups (broad SMARTS) is 2. The fraction of sp³-hybridized carbons (Fsp3) is 0.273. The van der Waals surface area contributed by atoms with E-state index in [2.05, 4.69) is 5.32 Å². The number of anilines is 1. The van der Waals surface area contributed by atoms with Gasteiger partial charge in [-0.1, -0.05) is 18.2 Å². The summed E-state index contributed by atoms with van der Waals surface area (Å²) in [6, 6.07) is 7.96. The second-order valence-corrected chi connectivity index (χ2v) is 3.33. The Morgan fingerprint density at radius 2 is 1.76 bits per heavy atom. The van der Waals surface area contributed by atoms with Crippen LogP contribution in [0.1, 0.15) is 12.8 Å². The first-order valence-electron chi connectivity index (χ1n) is 4.86. The first-order valence-corrected chi connectivity index (χ1v) is 4.86. The van der Waals surface area contributed by atoms with Crippen molar-refractivity contribution in [1.82, 2.24) is 0 Å². The van der Waals surface area contributed by atoms with E-state index in [1.807, 2.05) is 6.07 Å². The van der Waals surface area contributed by atoms with Crippen LogP contribution in [-0.4, -0.2) is 28.2 Å². The number of benzene rings is 1. The third kappa shape index (κ3) is 5.77. The molecule has 94 valence electrons. The highest BCUT2D eigenvalue weighted by Crippen LogP contribution is 2.10. The fourth-order valence-corrected chi connectivity index (χ4v) is 1.26. The molecule has 0 amide bonds. The van der Waals surface area contributed by atoms with Crippen molar-refractivity contribution in [2.45, 2.75) is 18.9 Å². The highest BCUT2D eigenvalue weighted by atomic mass is 35.5. The molecule has 0 aliphatic carbocycles. The van der Waals surface area contributed by atoms with Crippen LogP contribution in [0.15, 0.2) is 30.3 Å². The number of rotatable bonds is 6. The molecule has 0 bridgehead atoms. The van der Waals surface area contributed by atoms with Crippen molar-refractivity contribution in [2.75, 3.05) is 5.32 Å². The molecule has 0 radical (unpaired) electrons. The molecule has 0 spiro atoms. The SMILES string of the molecule is Cl.O=C(O)CC[C@H](Nc1ccccc1)C(=O)O. The van der Waals surface area contributed by atoms with Crippen LogP contribution in [0.5, 0.6) is 0 Å². The van der Waals surface area contributed by atoms with Crippen molar-refractivity contribution < 1.29 is 19.8 Å². The highest BCUT2D eigenvalue weighted by Gasteiger charge is 2.17. The lowest BCUT2D eigenvalue weighted by Crippen LogP contribution is -2.29. The van der Waals surface area contributed by atoms with Crippen molar-refractivity contribution in [1.29, 1.82) is 0 Å². The maximum absolute atomic E-state index is 10.9. The van der Waals surface area contributed by atoms with Gasteiger partial charge in [0.25, 0.3) is 0 Å². The van der Waals surface area contributed by atoms with Crippen molar-refractivity contribution in [3.8, 4) is 0 Å². The van der Waals surface area contributed by atoms with Gasteiger partial charge in [0.2, 0.25) is 0 Å². The van der Waals surface area contributed by atoms with Gasteiger partial charge in [0, 0.05) is 12.1 Å². The minimum absolute atomic E-state index is 0. The summed E-state index contributed by atoms with van der Waals surface area (Å²) in [7, 11) is 0. The normalized spacial score (nSPS) is 11.1. The largest absolute Gasteiger partial charge is 0.481 e. The first kappa shape index (κ1) is 15.2. The Bertz CT molecular complexity index is 369. The van der Waals surface area contributed by atoms with E-state index in [0.717, 1.165) is 0 Å². The zero-order valence-electron chi connectivity index (χ0n) is 9.00. The van der Waals surface area contributed by atoms with E-state index in [0.29, 0.717) is 5.69 Å². The van der Waals surface area contributed by atoms with E-state index >= 15 is 0 Å². The molecule has 1 rings (SSSR count). The van der Waals surface area contributed by atoms with Gasteiger partial charge in [0.1, 0.15) is 6.04 Å². The Morgan fingerprint density at radius 3 is 2.24 bits per heavy atom. The summed E-state index contributed by atoms with van der Waals surface area (Å²) in [5.41, 5.74) is 0.667. The Morgan fingerprint density at radius 1 is 1.18 bits per heavy atom. The van der Waals surface area contributed by atoms with E-state index in [-0.39, 0.29) is 25.2 Å². The number of carboxylic acids is 2. The van der Waals surface area contributed by atoms with Crippen LogP contribution < -0.4 is 5.32 Å². The molecular formula is C11H14ClNO4. The Kier molecular flexibility index (Phi) is 6.74. The molecule has 0 aromatic heterocycles. The third-order valence-electron chi connectivity index (χ3n) is 2.06. The van der Waals surface area contributed by atoms with Gasteiger partial charge in [-0.2, -0.15) is 0 Å². The summed E-state index contributed by atoms with van der Waals surface area (Å²) >= 11 is 0. The molecule has 17 heavy (non-hydrogen) atoms. The lowest BCUT2D eigenvalue weighted by Gasteiger charge is -2.14. The topological polar surface area (TPSA) is 86.6 Å². The van der Waals surface area contributed by atoms with Crippen LogP contribution in [0.4, 0.5) is 5.69 Å². The van der Waals surface area contributed by atoms with Crippen LogP contribution in [0.25, 0.3) is 0 Å². The maximum atomic E-state index is 10.9. The molecule has 0 aliphatic rings. The second-order valence-electron chi connectivity index (χ2n) is 3.33. The van der Waals surface area contributed by atoms with Crippen molar-refractivity contribution >= 4 is 30.0 Å². The minimum atomic E-state index is -1.05. The predicted octanol–water partition coefficient (Wildman–Crippen LogP) is 1.84. The fourth-order valence-electron chi connectivity index (χ4n) is 1.26. The molecule has 6 heteroatoms. The summed E-state index contributed by atoms with van der Waals surface area (Å²) < 4.78 is 0. The Hall–Kier alpha value is -1.75. The van der Waals surface area contributed by atoms with Crippen LogP contribution in [0.2, 0.25) is 0 Å². The molecule has 0 aliphatic heterocycles. The number of hydrogen-bond acceptors (Lipinski definition) is 3. The lowest BCUT2D eigenvalue weighted by molar-refractivity contribution is -0.139. The second kappa shape index (κ2) is 7.51. The number of aliphatic carboxylic acids is 2. The van der Waals surface area contributed by atoms with Gasteiger partial charge in [0.05, 0.1) is 0 Å². The van der Waals surface area contributed by atoms with E-state index in [9.17, 15) is 9.59 Å². The van der Waals surface area contributed by atoms with Crippen LogP contribution in [0.3, 0.4) is 0 Å². The zero-order chi connectivity index (χ0) is 12.0. The molecule has 0 unspecified atom stereocenters. The first-order chi connectivity index (χ1) is 7.59. The Balaban J connectivity index is 0.00000256. The van der Waals surface area contributed by atoms with Crippen LogP contribution in [0, 0.1) is 0 Å². The number of halogens is 1. The molecule has 1 aromatic carbocycles. The predicted molar refractivity (Wildman–Crippen MR) is 65.6 cm³/mol. The molecule has 1 atom stereocenters. The summed E-state index contributed by atoms with van der Waals surface area (Å²) in [6.45, 7) is 0. The van der Waals surface area contributed by atoms with Crippen LogP contribution >= 0.6 is 12.4 Å². The van der Waals surface area contributed by atoms with Gasteiger partial charge in [-0.15, -0.1) is 12.4 Å². The summed E-state index contributed by atoms with van der Waals surface area (Å²) in [4.78, 5) is 21.2. The summed E-state index contributed by atoms with van der Waals surface area (Å²) in [5, 5.41) is 20.2. The van der Waals surface area contributed by atoms with Gasteiger partial charge in [-0.3, -0.25) is 4.79 Å². The monoisotopic (exact) mass is 259 g/mol. The molecule has 5 nitrogen and oxygen atoms in total. The lowest BCUT2D eigenvalue weighted by atomic mass is 10.1. The zero-order valence-corrected chi connectivity index (χ0v) is 9.81. The molecule has 1 aromatic rings. The van der Waals surface area contributed by atoms with Gasteiger partial charge < -0.3 is 15.5 Å². The minimum Gasteiger partial charge on any atom is -0.481 e. The average Bonchev–Trinajstić information content (AvgIpc) is 2.25. The van der Waals surface area contributed by atoms with Gasteiger partial charge in [-0.25, -0.2) is 4.79 Å². The van der Waals surface area contributed by atoms with Gasteiger partial charge in [0.15, 0.2) is 0 Å². The summed E-state index contributed by atoms with van der Waals surface area (Å²) in [6.07, 6.45) is -0.115. The quantitative estimate of drug-likeness (QED) is 0.726.